The Morgan fingerprint density at radius 2 is 2.13 bits per heavy atom. The molecule has 0 aromatic rings. The van der Waals surface area contributed by atoms with Gasteiger partial charge in [0.2, 0.25) is 0 Å². The third-order valence-corrected chi connectivity index (χ3v) is 6.62. The van der Waals surface area contributed by atoms with Gasteiger partial charge in [0.1, 0.15) is 0 Å². The van der Waals surface area contributed by atoms with Crippen molar-refractivity contribution in [2.45, 2.75) is 57.5 Å². The van der Waals surface area contributed by atoms with E-state index in [1.54, 1.807) is 7.05 Å². The van der Waals surface area contributed by atoms with E-state index in [1.807, 2.05) is 0 Å². The molecule has 0 aliphatic carbocycles. The van der Waals surface area contributed by atoms with Crippen LogP contribution in [-0.2, 0) is 9.84 Å². The number of guanidine groups is 1. The van der Waals surface area contributed by atoms with Crippen LogP contribution in [0.5, 0.6) is 0 Å². The lowest BCUT2D eigenvalue weighted by molar-refractivity contribution is 0.147. The van der Waals surface area contributed by atoms with E-state index in [9.17, 15) is 8.42 Å². The summed E-state index contributed by atoms with van der Waals surface area (Å²) in [6, 6.07) is 0.551. The van der Waals surface area contributed by atoms with Crippen LogP contribution < -0.4 is 10.6 Å². The highest BCUT2D eigenvalue weighted by molar-refractivity contribution is 7.91. The SMILES string of the molecule is CCCCN1CCCCC1CNC(=NC)NC1CCS(=O)(=O)C1. The minimum Gasteiger partial charge on any atom is -0.355 e. The standard InChI is InChI=1S/C16H32N4O2S/c1-3-4-9-20-10-6-5-7-15(20)12-18-16(17-2)19-14-8-11-23(21,22)13-14/h14-15H,3-13H2,1-2H3,(H2,17,18,19). The molecule has 2 N–H and O–H groups in total. The topological polar surface area (TPSA) is 73.8 Å². The lowest BCUT2D eigenvalue weighted by atomic mass is 10.0. The predicted molar refractivity (Wildman–Crippen MR) is 95.7 cm³/mol. The molecule has 0 aromatic carbocycles. The van der Waals surface area contributed by atoms with Crippen molar-refractivity contribution in [2.24, 2.45) is 4.99 Å². The van der Waals surface area contributed by atoms with Gasteiger partial charge in [-0.3, -0.25) is 9.89 Å². The van der Waals surface area contributed by atoms with Crippen molar-refractivity contribution in [2.75, 3.05) is 38.2 Å². The molecule has 2 atom stereocenters. The molecule has 7 heteroatoms. The van der Waals surface area contributed by atoms with Gasteiger partial charge in [-0.25, -0.2) is 8.42 Å². The average molecular weight is 345 g/mol. The number of piperidine rings is 1. The summed E-state index contributed by atoms with van der Waals surface area (Å²) >= 11 is 0. The van der Waals surface area contributed by atoms with E-state index in [1.165, 1.54) is 45.2 Å². The van der Waals surface area contributed by atoms with Crippen LogP contribution in [0.25, 0.3) is 0 Å². The molecular weight excluding hydrogens is 312 g/mol. The Kier molecular flexibility index (Phi) is 7.14. The summed E-state index contributed by atoms with van der Waals surface area (Å²) in [5.74, 6) is 1.24. The Hall–Kier alpha value is -0.820. The molecule has 23 heavy (non-hydrogen) atoms. The predicted octanol–water partition coefficient (Wildman–Crippen LogP) is 0.993. The van der Waals surface area contributed by atoms with Crippen LogP contribution in [-0.4, -0.2) is 69.5 Å². The largest absolute Gasteiger partial charge is 0.355 e. The van der Waals surface area contributed by atoms with Crippen LogP contribution in [0.2, 0.25) is 0 Å². The zero-order valence-electron chi connectivity index (χ0n) is 14.6. The Morgan fingerprint density at radius 3 is 2.78 bits per heavy atom. The number of nitrogens with zero attached hydrogens (tertiary/aromatic N) is 2. The minimum atomic E-state index is -2.86. The van der Waals surface area contributed by atoms with Crippen molar-refractivity contribution in [1.82, 2.24) is 15.5 Å². The van der Waals surface area contributed by atoms with E-state index in [0.717, 1.165) is 12.5 Å². The molecule has 0 amide bonds. The third-order valence-electron chi connectivity index (χ3n) is 4.85. The molecular formula is C16H32N4O2S. The quantitative estimate of drug-likeness (QED) is 0.555. The minimum absolute atomic E-state index is 0.00579. The number of unbranched alkanes of at least 4 members (excludes halogenated alkanes) is 1. The van der Waals surface area contributed by atoms with E-state index >= 15 is 0 Å². The second kappa shape index (κ2) is 8.87. The van der Waals surface area contributed by atoms with Crippen molar-refractivity contribution < 1.29 is 8.42 Å². The van der Waals surface area contributed by atoms with Crippen LogP contribution in [0.15, 0.2) is 4.99 Å². The summed E-state index contributed by atoms with van der Waals surface area (Å²) in [7, 11) is -1.11. The molecule has 2 saturated heterocycles. The van der Waals surface area contributed by atoms with Gasteiger partial charge in [0.15, 0.2) is 15.8 Å². The van der Waals surface area contributed by atoms with Gasteiger partial charge in [-0.05, 0) is 38.8 Å². The molecule has 2 rings (SSSR count). The summed E-state index contributed by atoms with van der Waals surface area (Å²) in [5, 5.41) is 6.66. The zero-order valence-corrected chi connectivity index (χ0v) is 15.4. The summed E-state index contributed by atoms with van der Waals surface area (Å²) in [4.78, 5) is 6.84. The molecule has 2 aliphatic rings. The first kappa shape index (κ1) is 18.5. The summed E-state index contributed by atoms with van der Waals surface area (Å²) in [6.07, 6.45) is 6.98. The van der Waals surface area contributed by atoms with Crippen LogP contribution in [0, 0.1) is 0 Å². The number of aliphatic imine (C=N–C) groups is 1. The van der Waals surface area contributed by atoms with E-state index in [0.29, 0.717) is 12.5 Å². The van der Waals surface area contributed by atoms with E-state index < -0.39 is 9.84 Å². The first-order valence-corrected chi connectivity index (χ1v) is 10.8. The first-order chi connectivity index (χ1) is 11.0. The van der Waals surface area contributed by atoms with Crippen LogP contribution in [0.3, 0.4) is 0 Å². The molecule has 2 fully saturated rings. The highest BCUT2D eigenvalue weighted by Crippen LogP contribution is 2.17. The highest BCUT2D eigenvalue weighted by Gasteiger charge is 2.28. The van der Waals surface area contributed by atoms with Gasteiger partial charge in [-0.15, -0.1) is 0 Å². The molecule has 0 radical (unpaired) electrons. The van der Waals surface area contributed by atoms with Gasteiger partial charge >= 0.3 is 0 Å². The zero-order chi connectivity index (χ0) is 16.7. The smallest absolute Gasteiger partial charge is 0.191 e. The average Bonchev–Trinajstić information content (AvgIpc) is 2.89. The monoisotopic (exact) mass is 344 g/mol. The van der Waals surface area contributed by atoms with Gasteiger partial charge in [-0.1, -0.05) is 19.8 Å². The van der Waals surface area contributed by atoms with Crippen LogP contribution in [0.1, 0.15) is 45.4 Å². The molecule has 0 aromatic heterocycles. The van der Waals surface area contributed by atoms with Crippen LogP contribution >= 0.6 is 0 Å². The highest BCUT2D eigenvalue weighted by atomic mass is 32.2. The van der Waals surface area contributed by atoms with Gasteiger partial charge in [0.05, 0.1) is 11.5 Å². The fourth-order valence-corrected chi connectivity index (χ4v) is 5.13. The third kappa shape index (κ3) is 5.95. The van der Waals surface area contributed by atoms with Gasteiger partial charge in [0.25, 0.3) is 0 Å². The second-order valence-corrected chi connectivity index (χ2v) is 8.97. The fraction of sp³-hybridized carbons (Fsp3) is 0.938. The molecule has 0 saturated carbocycles. The Bertz CT molecular complexity index is 492. The second-order valence-electron chi connectivity index (χ2n) is 6.74. The molecule has 6 nitrogen and oxygen atoms in total. The number of hydrogen-bond acceptors (Lipinski definition) is 4. The summed E-state index contributed by atoms with van der Waals surface area (Å²) in [6.45, 7) is 5.48. The van der Waals surface area contributed by atoms with Crippen LogP contribution in [0.4, 0.5) is 0 Å². The van der Waals surface area contributed by atoms with E-state index in [4.69, 9.17) is 0 Å². The Morgan fingerprint density at radius 1 is 1.30 bits per heavy atom. The maximum atomic E-state index is 11.6. The van der Waals surface area contributed by atoms with E-state index in [2.05, 4.69) is 27.4 Å². The molecule has 0 bridgehead atoms. The van der Waals surface area contributed by atoms with Crippen molar-refractivity contribution in [3.8, 4) is 0 Å². The fourth-order valence-electron chi connectivity index (χ4n) is 3.46. The molecule has 2 heterocycles. The number of nitrogens with one attached hydrogen (secondary N) is 2. The lowest BCUT2D eigenvalue weighted by Gasteiger charge is -2.36. The Balaban J connectivity index is 1.79. The van der Waals surface area contributed by atoms with Crippen molar-refractivity contribution >= 4 is 15.8 Å². The summed E-state index contributed by atoms with van der Waals surface area (Å²) < 4.78 is 23.1. The van der Waals surface area contributed by atoms with Crippen molar-refractivity contribution in [1.29, 1.82) is 0 Å². The molecule has 2 unspecified atom stereocenters. The van der Waals surface area contributed by atoms with Crippen molar-refractivity contribution in [3.05, 3.63) is 0 Å². The summed E-state index contributed by atoms with van der Waals surface area (Å²) in [5.41, 5.74) is 0. The van der Waals surface area contributed by atoms with Gasteiger partial charge < -0.3 is 10.6 Å². The van der Waals surface area contributed by atoms with Crippen molar-refractivity contribution in [3.63, 3.8) is 0 Å². The number of sulfone groups is 1. The molecule has 134 valence electrons. The first-order valence-electron chi connectivity index (χ1n) is 8.95. The number of likely N-dealkylation sites (tertiary alicyclic amines) is 1. The maximum Gasteiger partial charge on any atom is 0.191 e. The molecule has 0 spiro atoms. The van der Waals surface area contributed by atoms with E-state index in [-0.39, 0.29) is 17.5 Å². The maximum absolute atomic E-state index is 11.6. The number of rotatable bonds is 6. The number of hydrogen-bond donors (Lipinski definition) is 2. The van der Waals surface area contributed by atoms with Gasteiger partial charge in [-0.2, -0.15) is 0 Å². The molecule has 2 aliphatic heterocycles. The lowest BCUT2D eigenvalue weighted by Crippen LogP contribution is -2.51. The normalized spacial score (nSPS) is 28.7. The Labute approximate surface area is 141 Å². The van der Waals surface area contributed by atoms with Gasteiger partial charge in [0, 0.05) is 25.7 Å².